The standard InChI is InChI=1S/C10H19NS/c1-2-12-8-9-6-10-4-3-5-11(10)7-9/h9-10H,2-8H2,1H3. The molecule has 2 heteroatoms. The summed E-state index contributed by atoms with van der Waals surface area (Å²) in [4.78, 5) is 2.71. The number of hydrogen-bond acceptors (Lipinski definition) is 2. The summed E-state index contributed by atoms with van der Waals surface area (Å²) >= 11 is 2.12. The lowest BCUT2D eigenvalue weighted by molar-refractivity contribution is 0.320. The molecule has 12 heavy (non-hydrogen) atoms. The Bertz CT molecular complexity index is 137. The van der Waals surface area contributed by atoms with Gasteiger partial charge in [-0.3, -0.25) is 0 Å². The lowest BCUT2D eigenvalue weighted by Gasteiger charge is -2.12. The summed E-state index contributed by atoms with van der Waals surface area (Å²) in [7, 11) is 0. The van der Waals surface area contributed by atoms with Crippen molar-refractivity contribution in [3.63, 3.8) is 0 Å². The van der Waals surface area contributed by atoms with Crippen LogP contribution in [0.4, 0.5) is 0 Å². The minimum atomic E-state index is 0.979. The molecule has 0 bridgehead atoms. The molecule has 2 rings (SSSR count). The molecule has 2 atom stereocenters. The van der Waals surface area contributed by atoms with Crippen molar-refractivity contribution in [3.8, 4) is 0 Å². The van der Waals surface area contributed by atoms with Gasteiger partial charge in [0.15, 0.2) is 0 Å². The Morgan fingerprint density at radius 3 is 3.17 bits per heavy atom. The van der Waals surface area contributed by atoms with E-state index in [9.17, 15) is 0 Å². The lowest BCUT2D eigenvalue weighted by atomic mass is 10.1. The summed E-state index contributed by atoms with van der Waals surface area (Å²) in [6, 6.07) is 0.979. The third kappa shape index (κ3) is 1.80. The smallest absolute Gasteiger partial charge is 0.00992 e. The zero-order valence-corrected chi connectivity index (χ0v) is 8.78. The molecule has 2 saturated heterocycles. The number of nitrogens with zero attached hydrogens (tertiary/aromatic N) is 1. The molecule has 2 aliphatic rings. The molecule has 0 aromatic rings. The van der Waals surface area contributed by atoms with Crippen molar-refractivity contribution in [2.24, 2.45) is 5.92 Å². The quantitative estimate of drug-likeness (QED) is 0.663. The topological polar surface area (TPSA) is 3.24 Å². The molecule has 2 fully saturated rings. The minimum absolute atomic E-state index is 0.979. The lowest BCUT2D eigenvalue weighted by Crippen LogP contribution is -2.22. The van der Waals surface area contributed by atoms with Gasteiger partial charge in [0, 0.05) is 12.6 Å². The molecule has 0 aromatic carbocycles. The maximum Gasteiger partial charge on any atom is 0.00992 e. The molecule has 0 aliphatic carbocycles. The Labute approximate surface area is 79.9 Å². The van der Waals surface area contributed by atoms with Gasteiger partial charge in [-0.15, -0.1) is 0 Å². The fraction of sp³-hybridized carbons (Fsp3) is 1.00. The molecular formula is C10H19NS. The van der Waals surface area contributed by atoms with Crippen LogP contribution in [-0.4, -0.2) is 35.5 Å². The van der Waals surface area contributed by atoms with E-state index in [4.69, 9.17) is 0 Å². The minimum Gasteiger partial charge on any atom is -0.300 e. The van der Waals surface area contributed by atoms with Gasteiger partial charge in [0.2, 0.25) is 0 Å². The third-order valence-electron chi connectivity index (χ3n) is 3.15. The molecule has 1 nitrogen and oxygen atoms in total. The highest BCUT2D eigenvalue weighted by Crippen LogP contribution is 2.32. The highest BCUT2D eigenvalue weighted by molar-refractivity contribution is 7.99. The Kier molecular flexibility index (Phi) is 2.97. The molecular weight excluding hydrogens is 166 g/mol. The molecule has 0 spiro atoms. The van der Waals surface area contributed by atoms with Crippen LogP contribution in [0.3, 0.4) is 0 Å². The van der Waals surface area contributed by atoms with Crippen LogP contribution < -0.4 is 0 Å². The Hall–Kier alpha value is 0.310. The van der Waals surface area contributed by atoms with Crippen LogP contribution in [-0.2, 0) is 0 Å². The van der Waals surface area contributed by atoms with E-state index < -0.39 is 0 Å². The summed E-state index contributed by atoms with van der Waals surface area (Å²) in [5.74, 6) is 3.71. The molecule has 0 radical (unpaired) electrons. The van der Waals surface area contributed by atoms with Gasteiger partial charge < -0.3 is 4.90 Å². The monoisotopic (exact) mass is 185 g/mol. The van der Waals surface area contributed by atoms with Crippen LogP contribution in [0, 0.1) is 5.92 Å². The fourth-order valence-corrected chi connectivity index (χ4v) is 3.41. The zero-order chi connectivity index (χ0) is 8.39. The van der Waals surface area contributed by atoms with E-state index in [0.29, 0.717) is 0 Å². The van der Waals surface area contributed by atoms with E-state index in [2.05, 4.69) is 23.6 Å². The predicted molar refractivity (Wildman–Crippen MR) is 55.7 cm³/mol. The number of thioether (sulfide) groups is 1. The van der Waals surface area contributed by atoms with Crippen LogP contribution in [0.25, 0.3) is 0 Å². The van der Waals surface area contributed by atoms with Crippen molar-refractivity contribution in [2.45, 2.75) is 32.2 Å². The van der Waals surface area contributed by atoms with Crippen LogP contribution in [0.1, 0.15) is 26.2 Å². The van der Waals surface area contributed by atoms with Gasteiger partial charge in [0.05, 0.1) is 0 Å². The third-order valence-corrected chi connectivity index (χ3v) is 4.27. The van der Waals surface area contributed by atoms with Crippen LogP contribution in [0.2, 0.25) is 0 Å². The van der Waals surface area contributed by atoms with Crippen molar-refractivity contribution in [2.75, 3.05) is 24.6 Å². The molecule has 2 heterocycles. The van der Waals surface area contributed by atoms with Crippen molar-refractivity contribution >= 4 is 11.8 Å². The van der Waals surface area contributed by atoms with Crippen molar-refractivity contribution in [1.29, 1.82) is 0 Å². The average molecular weight is 185 g/mol. The van der Waals surface area contributed by atoms with E-state index in [0.717, 1.165) is 12.0 Å². The summed E-state index contributed by atoms with van der Waals surface area (Å²) in [6.07, 6.45) is 4.43. The fourth-order valence-electron chi connectivity index (χ4n) is 2.60. The van der Waals surface area contributed by atoms with E-state index >= 15 is 0 Å². The molecule has 2 aliphatic heterocycles. The van der Waals surface area contributed by atoms with Crippen molar-refractivity contribution in [3.05, 3.63) is 0 Å². The van der Waals surface area contributed by atoms with Gasteiger partial charge in [0.1, 0.15) is 0 Å². The normalized spacial score (nSPS) is 35.8. The highest BCUT2D eigenvalue weighted by Gasteiger charge is 2.34. The number of hydrogen-bond donors (Lipinski definition) is 0. The Balaban J connectivity index is 1.75. The number of rotatable bonds is 3. The van der Waals surface area contributed by atoms with E-state index in [1.807, 2.05) is 0 Å². The van der Waals surface area contributed by atoms with E-state index in [-0.39, 0.29) is 0 Å². The van der Waals surface area contributed by atoms with Gasteiger partial charge in [-0.25, -0.2) is 0 Å². The molecule has 0 amide bonds. The summed E-state index contributed by atoms with van der Waals surface area (Å²) in [5, 5.41) is 0. The first kappa shape index (κ1) is 8.89. The molecule has 0 N–H and O–H groups in total. The maximum absolute atomic E-state index is 2.71. The molecule has 70 valence electrons. The second-order valence-corrected chi connectivity index (χ2v) is 5.37. The zero-order valence-electron chi connectivity index (χ0n) is 7.96. The first-order chi connectivity index (χ1) is 5.90. The van der Waals surface area contributed by atoms with Gasteiger partial charge in [-0.2, -0.15) is 11.8 Å². The van der Waals surface area contributed by atoms with Gasteiger partial charge in [-0.1, -0.05) is 6.92 Å². The van der Waals surface area contributed by atoms with Crippen molar-refractivity contribution in [1.82, 2.24) is 4.90 Å². The van der Waals surface area contributed by atoms with Crippen LogP contribution in [0.5, 0.6) is 0 Å². The SMILES string of the molecule is CCSCC1CC2CCCN2C1. The summed E-state index contributed by atoms with van der Waals surface area (Å²) < 4.78 is 0. The number of fused-ring (bicyclic) bond motifs is 1. The second kappa shape index (κ2) is 4.01. The predicted octanol–water partition coefficient (Wildman–Crippen LogP) is 2.22. The summed E-state index contributed by atoms with van der Waals surface area (Å²) in [6.45, 7) is 5.05. The highest BCUT2D eigenvalue weighted by atomic mass is 32.2. The average Bonchev–Trinajstić information content (AvgIpc) is 2.58. The first-order valence-electron chi connectivity index (χ1n) is 5.22. The molecule has 0 aromatic heterocycles. The van der Waals surface area contributed by atoms with Gasteiger partial charge in [-0.05, 0) is 43.2 Å². The van der Waals surface area contributed by atoms with E-state index in [1.54, 1.807) is 0 Å². The Morgan fingerprint density at radius 1 is 1.50 bits per heavy atom. The van der Waals surface area contributed by atoms with E-state index in [1.165, 1.54) is 43.9 Å². The molecule has 0 saturated carbocycles. The summed E-state index contributed by atoms with van der Waals surface area (Å²) in [5.41, 5.74) is 0. The largest absolute Gasteiger partial charge is 0.300 e. The maximum atomic E-state index is 2.71. The molecule has 2 unspecified atom stereocenters. The van der Waals surface area contributed by atoms with Crippen LogP contribution >= 0.6 is 11.8 Å². The first-order valence-corrected chi connectivity index (χ1v) is 6.37. The van der Waals surface area contributed by atoms with Gasteiger partial charge >= 0.3 is 0 Å². The van der Waals surface area contributed by atoms with Gasteiger partial charge in [0.25, 0.3) is 0 Å². The Morgan fingerprint density at radius 2 is 2.42 bits per heavy atom. The van der Waals surface area contributed by atoms with Crippen LogP contribution in [0.15, 0.2) is 0 Å². The van der Waals surface area contributed by atoms with Crippen molar-refractivity contribution < 1.29 is 0 Å². The second-order valence-electron chi connectivity index (χ2n) is 4.05.